The smallest absolute Gasteiger partial charge is 0.181 e. The van der Waals surface area contributed by atoms with E-state index in [4.69, 9.17) is 4.42 Å². The lowest BCUT2D eigenvalue weighted by Gasteiger charge is -2.00. The van der Waals surface area contributed by atoms with Gasteiger partial charge in [0, 0.05) is 5.57 Å². The van der Waals surface area contributed by atoms with Crippen LogP contribution in [0.3, 0.4) is 0 Å². The molecule has 0 radical (unpaired) electrons. The Hall–Kier alpha value is -1.27. The summed E-state index contributed by atoms with van der Waals surface area (Å²) in [5, 5.41) is 0. The van der Waals surface area contributed by atoms with E-state index in [0.717, 1.165) is 17.8 Å². The minimum absolute atomic E-state index is 0.802. The molecule has 0 saturated heterocycles. The second-order valence-corrected chi connectivity index (χ2v) is 3.33. The molecule has 0 aromatic carbocycles. The molecule has 2 nitrogen and oxygen atoms in total. The highest BCUT2D eigenvalue weighted by Gasteiger charge is 2.03. The van der Waals surface area contributed by atoms with Gasteiger partial charge in [-0.25, -0.2) is 4.98 Å². The molecule has 0 aliphatic rings. The zero-order valence-electron chi connectivity index (χ0n) is 8.75. The molecule has 0 unspecified atom stereocenters. The van der Waals surface area contributed by atoms with Gasteiger partial charge in [-0.15, -0.1) is 5.73 Å². The van der Waals surface area contributed by atoms with Crippen molar-refractivity contribution in [1.29, 1.82) is 0 Å². The fourth-order valence-corrected chi connectivity index (χ4v) is 1.39. The second-order valence-electron chi connectivity index (χ2n) is 3.33. The third-order valence-corrected chi connectivity index (χ3v) is 2.22. The Labute approximate surface area is 85.4 Å². The number of unbranched alkanes of at least 4 members (excludes halogenated alkanes) is 3. The number of oxazole rings is 1. The van der Waals surface area contributed by atoms with Crippen molar-refractivity contribution in [2.75, 3.05) is 0 Å². The molecule has 0 N–H and O–H groups in total. The molecule has 2 heteroatoms. The maximum absolute atomic E-state index is 5.19. The van der Waals surface area contributed by atoms with E-state index in [2.05, 4.69) is 24.2 Å². The normalized spacial score (nSPS) is 9.79. The number of nitrogens with zero attached hydrogens (tertiary/aromatic N) is 1. The Kier molecular flexibility index (Phi) is 4.81. The Morgan fingerprint density at radius 2 is 2.36 bits per heavy atom. The Morgan fingerprint density at radius 3 is 2.93 bits per heavy atom. The van der Waals surface area contributed by atoms with Crippen LogP contribution >= 0.6 is 0 Å². The maximum atomic E-state index is 5.19. The number of allylic oxidation sites excluding steroid dienone is 1. The highest BCUT2D eigenvalue weighted by molar-refractivity contribution is 5.59. The van der Waals surface area contributed by atoms with Gasteiger partial charge in [0.2, 0.25) is 0 Å². The monoisotopic (exact) mass is 191 g/mol. The van der Waals surface area contributed by atoms with Crippen molar-refractivity contribution in [2.45, 2.75) is 39.0 Å². The van der Waals surface area contributed by atoms with Gasteiger partial charge in [0.05, 0.1) is 6.20 Å². The van der Waals surface area contributed by atoms with Gasteiger partial charge in [-0.1, -0.05) is 32.8 Å². The Balaban J connectivity index is 2.38. The molecule has 0 bridgehead atoms. The first-order valence-corrected chi connectivity index (χ1v) is 5.16. The highest BCUT2D eigenvalue weighted by atomic mass is 16.3. The molecule has 0 aliphatic heterocycles. The van der Waals surface area contributed by atoms with Crippen molar-refractivity contribution >= 4 is 5.57 Å². The van der Waals surface area contributed by atoms with Crippen molar-refractivity contribution in [3.8, 4) is 0 Å². The first-order valence-electron chi connectivity index (χ1n) is 5.16. The van der Waals surface area contributed by atoms with Crippen LogP contribution in [0.15, 0.2) is 29.3 Å². The molecule has 14 heavy (non-hydrogen) atoms. The van der Waals surface area contributed by atoms with E-state index in [0.29, 0.717) is 0 Å². The van der Waals surface area contributed by atoms with Crippen LogP contribution < -0.4 is 0 Å². The van der Waals surface area contributed by atoms with E-state index >= 15 is 0 Å². The summed E-state index contributed by atoms with van der Waals surface area (Å²) >= 11 is 0. The van der Waals surface area contributed by atoms with E-state index < -0.39 is 0 Å². The summed E-state index contributed by atoms with van der Waals surface area (Å²) in [5.41, 5.74) is 3.95. The molecule has 0 aliphatic carbocycles. The van der Waals surface area contributed by atoms with Gasteiger partial charge in [0.1, 0.15) is 0 Å². The Bertz CT molecular complexity index is 294. The van der Waals surface area contributed by atoms with E-state index in [1.807, 2.05) is 0 Å². The molecule has 0 amide bonds. The summed E-state index contributed by atoms with van der Waals surface area (Å²) in [6.45, 7) is 5.88. The average molecular weight is 191 g/mol. The first kappa shape index (κ1) is 10.8. The number of aromatic nitrogens is 1. The van der Waals surface area contributed by atoms with Crippen LogP contribution in [0.2, 0.25) is 0 Å². The van der Waals surface area contributed by atoms with Crippen molar-refractivity contribution in [3.05, 3.63) is 30.7 Å². The minimum Gasteiger partial charge on any atom is -0.443 e. The van der Waals surface area contributed by atoms with E-state index in [1.54, 1.807) is 6.20 Å². The van der Waals surface area contributed by atoms with Crippen LogP contribution in [-0.2, 0) is 0 Å². The van der Waals surface area contributed by atoms with Crippen LogP contribution in [0.5, 0.6) is 0 Å². The van der Waals surface area contributed by atoms with Gasteiger partial charge in [-0.3, -0.25) is 0 Å². The number of hydrogen-bond donors (Lipinski definition) is 0. The molecule has 1 rings (SSSR count). The van der Waals surface area contributed by atoms with E-state index in [-0.39, 0.29) is 0 Å². The summed E-state index contributed by atoms with van der Waals surface area (Å²) in [5.74, 6) is 0.802. The predicted molar refractivity (Wildman–Crippen MR) is 57.8 cm³/mol. The zero-order chi connectivity index (χ0) is 10.2. The van der Waals surface area contributed by atoms with Crippen LogP contribution in [-0.4, -0.2) is 4.98 Å². The van der Waals surface area contributed by atoms with Crippen molar-refractivity contribution in [2.24, 2.45) is 0 Å². The largest absolute Gasteiger partial charge is 0.443 e. The third kappa shape index (κ3) is 3.23. The van der Waals surface area contributed by atoms with Crippen molar-refractivity contribution in [3.63, 3.8) is 0 Å². The van der Waals surface area contributed by atoms with Crippen LogP contribution in [0, 0.1) is 0 Å². The highest BCUT2D eigenvalue weighted by Crippen LogP contribution is 2.19. The average Bonchev–Trinajstić information content (AvgIpc) is 2.71. The molecular weight excluding hydrogens is 174 g/mol. The van der Waals surface area contributed by atoms with Crippen molar-refractivity contribution in [1.82, 2.24) is 4.98 Å². The van der Waals surface area contributed by atoms with Gasteiger partial charge in [0.25, 0.3) is 0 Å². The third-order valence-electron chi connectivity index (χ3n) is 2.22. The molecule has 1 heterocycles. The van der Waals surface area contributed by atoms with Crippen LogP contribution in [0.1, 0.15) is 44.8 Å². The molecule has 0 fully saturated rings. The number of rotatable bonds is 6. The lowest BCUT2D eigenvalue weighted by molar-refractivity contribution is 0.540. The number of hydrogen-bond acceptors (Lipinski definition) is 2. The van der Waals surface area contributed by atoms with Gasteiger partial charge in [0.15, 0.2) is 12.2 Å². The lowest BCUT2D eigenvalue weighted by atomic mass is 10.1. The summed E-state index contributed by atoms with van der Waals surface area (Å²) < 4.78 is 5.19. The minimum atomic E-state index is 0.802. The molecule has 1 aromatic heterocycles. The zero-order valence-corrected chi connectivity index (χ0v) is 8.75. The quantitative estimate of drug-likeness (QED) is 0.504. The maximum Gasteiger partial charge on any atom is 0.181 e. The van der Waals surface area contributed by atoms with Gasteiger partial charge in [-0.2, -0.15) is 0 Å². The fraction of sp³-hybridized carbons (Fsp3) is 0.500. The van der Waals surface area contributed by atoms with Gasteiger partial charge in [-0.05, 0) is 12.8 Å². The van der Waals surface area contributed by atoms with Crippen molar-refractivity contribution < 1.29 is 4.42 Å². The summed E-state index contributed by atoms with van der Waals surface area (Å²) in [6, 6.07) is 0. The first-order chi connectivity index (χ1) is 6.88. The fourth-order valence-electron chi connectivity index (χ4n) is 1.39. The lowest BCUT2D eigenvalue weighted by Crippen LogP contribution is -1.82. The standard InChI is InChI=1S/C12H17NO/c1-3-5-6-7-8-11(4-2)12-9-13-10-14-12/h9-10H,2-3,5-8H2,1H3. The van der Waals surface area contributed by atoms with Gasteiger partial charge < -0.3 is 4.42 Å². The van der Waals surface area contributed by atoms with Crippen LogP contribution in [0.4, 0.5) is 0 Å². The molecule has 76 valence electrons. The predicted octanol–water partition coefficient (Wildman–Crippen LogP) is 3.81. The van der Waals surface area contributed by atoms with E-state index in [9.17, 15) is 0 Å². The summed E-state index contributed by atoms with van der Waals surface area (Å²) in [6.07, 6.45) is 9.13. The Morgan fingerprint density at radius 1 is 1.50 bits per heavy atom. The molecule has 1 aromatic rings. The molecular formula is C12H17NO. The topological polar surface area (TPSA) is 26.0 Å². The second kappa shape index (κ2) is 6.22. The van der Waals surface area contributed by atoms with E-state index in [1.165, 1.54) is 32.1 Å². The van der Waals surface area contributed by atoms with Gasteiger partial charge >= 0.3 is 0 Å². The summed E-state index contributed by atoms with van der Waals surface area (Å²) in [7, 11) is 0. The summed E-state index contributed by atoms with van der Waals surface area (Å²) in [4.78, 5) is 3.88. The molecule has 0 saturated carbocycles. The van der Waals surface area contributed by atoms with Crippen LogP contribution in [0.25, 0.3) is 5.57 Å². The SMILES string of the molecule is C=C=C(CCCCCC)c1cnco1. The molecule has 0 spiro atoms. The molecule has 0 atom stereocenters.